The Hall–Kier alpha value is -3.14. The number of benzene rings is 1. The average molecular weight is 524 g/mol. The van der Waals surface area contributed by atoms with Crippen molar-refractivity contribution in [2.24, 2.45) is 16.8 Å². The molecule has 2 N–H and O–H groups in total. The van der Waals surface area contributed by atoms with Crippen LogP contribution in [-0.4, -0.2) is 91.5 Å². The molecule has 3 saturated heterocycles. The first kappa shape index (κ1) is 26.5. The summed E-state index contributed by atoms with van der Waals surface area (Å²) in [4.78, 5) is 49.1. The summed E-state index contributed by atoms with van der Waals surface area (Å²) in [6, 6.07) is 4.26. The Labute approximate surface area is 222 Å². The predicted octanol–water partition coefficient (Wildman–Crippen LogP) is 2.45. The molecule has 3 aliphatic heterocycles. The summed E-state index contributed by atoms with van der Waals surface area (Å²) in [5, 5.41) is 3.84. The Morgan fingerprint density at radius 3 is 2.58 bits per heavy atom. The zero-order valence-electron chi connectivity index (χ0n) is 22.0. The molecular weight excluding hydrogens is 486 g/mol. The lowest BCUT2D eigenvalue weighted by atomic mass is 9.74. The zero-order chi connectivity index (χ0) is 26.8. The molecule has 2 amide bonds. The molecule has 1 saturated carbocycles. The van der Waals surface area contributed by atoms with Crippen LogP contribution < -0.4 is 10.6 Å². The Morgan fingerprint density at radius 1 is 1.18 bits per heavy atom. The number of rotatable bonds is 7. The molecule has 1 aliphatic carbocycles. The summed E-state index contributed by atoms with van der Waals surface area (Å²) in [6.45, 7) is 6.82. The van der Waals surface area contributed by atoms with Gasteiger partial charge in [-0.1, -0.05) is 31.3 Å². The van der Waals surface area contributed by atoms with Crippen LogP contribution in [0.3, 0.4) is 0 Å². The van der Waals surface area contributed by atoms with Crippen LogP contribution >= 0.6 is 0 Å². The number of nitrogens with zero attached hydrogens (tertiary/aromatic N) is 6. The van der Waals surface area contributed by atoms with Crippen molar-refractivity contribution >= 4 is 23.3 Å². The van der Waals surface area contributed by atoms with Gasteiger partial charge in [0, 0.05) is 48.9 Å². The highest BCUT2D eigenvalue weighted by Crippen LogP contribution is 2.42. The molecule has 0 radical (unpaired) electrons. The third-order valence-corrected chi connectivity index (χ3v) is 8.85. The lowest BCUT2D eigenvalue weighted by Gasteiger charge is -2.37. The topological polar surface area (TPSA) is 145 Å². The third kappa shape index (κ3) is 4.98. The Kier molecular flexibility index (Phi) is 7.88. The number of ether oxygens (including phenoxy) is 1. The largest absolute Gasteiger partial charge is 0.369 e. The van der Waals surface area contributed by atoms with E-state index in [0.29, 0.717) is 11.1 Å². The van der Waals surface area contributed by atoms with Crippen LogP contribution in [0.5, 0.6) is 0 Å². The molecule has 0 unspecified atom stereocenters. The van der Waals surface area contributed by atoms with Crippen LogP contribution in [0.4, 0.5) is 5.69 Å². The quantitative estimate of drug-likeness (QED) is 0.330. The number of carbonyl (C=O) groups excluding carboxylic acids is 3. The van der Waals surface area contributed by atoms with Crippen molar-refractivity contribution < 1.29 is 19.1 Å². The number of ketones is 1. The van der Waals surface area contributed by atoms with E-state index in [0.717, 1.165) is 70.5 Å². The minimum absolute atomic E-state index is 0.0240. The Balaban J connectivity index is 1.54. The number of likely N-dealkylation sites (N-methyl/N-ethyl adjacent to an activating group) is 1. The lowest BCUT2D eigenvalue weighted by Crippen LogP contribution is -2.47. The predicted molar refractivity (Wildman–Crippen MR) is 142 cm³/mol. The molecule has 0 aromatic heterocycles. The van der Waals surface area contributed by atoms with Gasteiger partial charge < -0.3 is 25.2 Å². The molecule has 4 fully saturated rings. The zero-order valence-corrected chi connectivity index (χ0v) is 22.0. The highest BCUT2D eigenvalue weighted by atomic mass is 16.5. The highest BCUT2D eigenvalue weighted by molar-refractivity contribution is 5.99. The van der Waals surface area contributed by atoms with Crippen molar-refractivity contribution in [1.82, 2.24) is 9.80 Å². The number of anilines is 1. The summed E-state index contributed by atoms with van der Waals surface area (Å²) in [7, 11) is 0. The molecule has 38 heavy (non-hydrogen) atoms. The van der Waals surface area contributed by atoms with E-state index in [4.69, 9.17) is 16.0 Å². The molecule has 5 rings (SSSR count). The number of likely N-dealkylation sites (tertiary alicyclic amines) is 1. The summed E-state index contributed by atoms with van der Waals surface area (Å²) >= 11 is 0. The van der Waals surface area contributed by atoms with Crippen molar-refractivity contribution in [1.29, 1.82) is 0 Å². The molecule has 0 bridgehead atoms. The number of nitrogens with two attached hydrogens (primary N) is 1. The standard InChI is InChI=1S/C27H37N7O4/c1-2-32-10-12-33(13-11-32)18-8-9-19(26(28)36)20(14-18)23(17-6-4-3-5-7-17)27(37)34-15-21(30-31-29)25-24(34)22(35)16-38-25/h8-9,14,17,21,23-25H,2-7,10-13,15-16H2,1H3,(H2,28,36)/t21-,23-,24+,25+/m0/s1. The number of Topliss-reactive ketones (excluding diaryl/α,β-unsaturated/α-hetero) is 1. The van der Waals surface area contributed by atoms with E-state index in [-0.39, 0.29) is 30.8 Å². The number of azide groups is 1. The fourth-order valence-corrected chi connectivity index (χ4v) is 6.81. The number of primary amides is 1. The monoisotopic (exact) mass is 523 g/mol. The third-order valence-electron chi connectivity index (χ3n) is 8.85. The maximum atomic E-state index is 14.4. The number of hydrogen-bond donors (Lipinski definition) is 1. The first-order valence-corrected chi connectivity index (χ1v) is 13.8. The number of fused-ring (bicyclic) bond motifs is 1. The van der Waals surface area contributed by atoms with Crippen molar-refractivity contribution in [2.45, 2.75) is 63.1 Å². The number of piperazine rings is 1. The van der Waals surface area contributed by atoms with Crippen molar-refractivity contribution in [2.75, 3.05) is 50.8 Å². The van der Waals surface area contributed by atoms with Gasteiger partial charge in [0.2, 0.25) is 11.8 Å². The lowest BCUT2D eigenvalue weighted by molar-refractivity contribution is -0.139. The van der Waals surface area contributed by atoms with E-state index in [1.54, 1.807) is 11.0 Å². The van der Waals surface area contributed by atoms with Gasteiger partial charge in [0.05, 0.1) is 18.1 Å². The van der Waals surface area contributed by atoms with Gasteiger partial charge >= 0.3 is 0 Å². The number of hydrogen-bond acceptors (Lipinski definition) is 7. The van der Waals surface area contributed by atoms with E-state index < -0.39 is 30.0 Å². The molecule has 11 heteroatoms. The molecule has 4 atom stereocenters. The van der Waals surface area contributed by atoms with E-state index in [2.05, 4.69) is 26.7 Å². The van der Waals surface area contributed by atoms with E-state index in [1.807, 2.05) is 12.1 Å². The molecule has 1 aromatic rings. The molecule has 11 nitrogen and oxygen atoms in total. The molecular formula is C27H37N7O4. The molecule has 204 valence electrons. The maximum absolute atomic E-state index is 14.4. The second kappa shape index (κ2) is 11.3. The van der Waals surface area contributed by atoms with E-state index in [1.165, 1.54) is 0 Å². The second-order valence-electron chi connectivity index (χ2n) is 10.9. The molecule has 1 aromatic carbocycles. The fourth-order valence-electron chi connectivity index (χ4n) is 6.81. The minimum Gasteiger partial charge on any atom is -0.369 e. The van der Waals surface area contributed by atoms with Gasteiger partial charge in [-0.3, -0.25) is 14.4 Å². The van der Waals surface area contributed by atoms with Gasteiger partial charge in [-0.15, -0.1) is 0 Å². The van der Waals surface area contributed by atoms with Crippen LogP contribution in [-0.2, 0) is 14.3 Å². The normalized spacial score (nSPS) is 27.2. The fraction of sp³-hybridized carbons (Fsp3) is 0.667. The van der Waals surface area contributed by atoms with Gasteiger partial charge in [0.25, 0.3) is 0 Å². The Morgan fingerprint density at radius 2 is 1.92 bits per heavy atom. The van der Waals surface area contributed by atoms with Crippen LogP contribution in [0.15, 0.2) is 23.3 Å². The SMILES string of the molecule is CCN1CCN(c2ccc(C(N)=O)c([C@@H](C(=O)N3C[C@H](N=[N+]=[N-])[C@H]4OCC(=O)[C@H]43)C3CCCCC3)c2)CC1. The van der Waals surface area contributed by atoms with Crippen LogP contribution in [0.1, 0.15) is 60.9 Å². The number of amides is 2. The maximum Gasteiger partial charge on any atom is 0.249 e. The summed E-state index contributed by atoms with van der Waals surface area (Å²) in [6.07, 6.45) is 4.22. The first-order valence-electron chi connectivity index (χ1n) is 13.8. The average Bonchev–Trinajstić information content (AvgIpc) is 3.50. The summed E-state index contributed by atoms with van der Waals surface area (Å²) in [5.41, 5.74) is 16.9. The van der Waals surface area contributed by atoms with Gasteiger partial charge in [-0.2, -0.15) is 0 Å². The molecule has 0 spiro atoms. The van der Waals surface area contributed by atoms with Gasteiger partial charge in [0.1, 0.15) is 12.6 Å². The minimum atomic E-state index is -0.772. The van der Waals surface area contributed by atoms with Crippen molar-refractivity contribution in [3.05, 3.63) is 39.8 Å². The first-order chi connectivity index (χ1) is 18.4. The number of carbonyl (C=O) groups is 3. The van der Waals surface area contributed by atoms with Crippen LogP contribution in [0.2, 0.25) is 0 Å². The van der Waals surface area contributed by atoms with Crippen molar-refractivity contribution in [3.8, 4) is 0 Å². The van der Waals surface area contributed by atoms with E-state index in [9.17, 15) is 14.4 Å². The summed E-state index contributed by atoms with van der Waals surface area (Å²) in [5.74, 6) is -1.55. The van der Waals surface area contributed by atoms with Crippen LogP contribution in [0.25, 0.3) is 10.4 Å². The van der Waals surface area contributed by atoms with E-state index >= 15 is 0 Å². The smallest absolute Gasteiger partial charge is 0.249 e. The summed E-state index contributed by atoms with van der Waals surface area (Å²) < 4.78 is 5.65. The van der Waals surface area contributed by atoms with Gasteiger partial charge in [0.15, 0.2) is 5.78 Å². The van der Waals surface area contributed by atoms with Gasteiger partial charge in [-0.05, 0) is 54.6 Å². The second-order valence-corrected chi connectivity index (χ2v) is 10.9. The van der Waals surface area contributed by atoms with Gasteiger partial charge in [-0.25, -0.2) is 0 Å². The van der Waals surface area contributed by atoms with Crippen molar-refractivity contribution in [3.63, 3.8) is 0 Å². The Bertz CT molecular complexity index is 1120. The molecule has 4 aliphatic rings. The molecule has 3 heterocycles. The van der Waals surface area contributed by atoms with Crippen LogP contribution in [0, 0.1) is 5.92 Å². The highest BCUT2D eigenvalue weighted by Gasteiger charge is 2.53.